The predicted octanol–water partition coefficient (Wildman–Crippen LogP) is 2.56. The summed E-state index contributed by atoms with van der Waals surface area (Å²) in [5.74, 6) is 2.30. The van der Waals surface area contributed by atoms with Gasteiger partial charge in [-0.3, -0.25) is 0 Å². The largest absolute Gasteiger partial charge is 0.493 e. The van der Waals surface area contributed by atoms with Crippen molar-refractivity contribution in [2.75, 3.05) is 34.5 Å². The van der Waals surface area contributed by atoms with Crippen LogP contribution in [0, 0.1) is 5.92 Å². The first-order valence-corrected chi connectivity index (χ1v) is 6.84. The Labute approximate surface area is 132 Å². The molecule has 1 heterocycles. The van der Waals surface area contributed by atoms with Crippen molar-refractivity contribution in [3.05, 3.63) is 17.7 Å². The molecule has 1 aromatic carbocycles. The lowest BCUT2D eigenvalue weighted by molar-refractivity contribution is 0.0583. The van der Waals surface area contributed by atoms with E-state index in [9.17, 15) is 0 Å². The van der Waals surface area contributed by atoms with Crippen LogP contribution in [-0.2, 0) is 4.74 Å². The zero-order valence-electron chi connectivity index (χ0n) is 12.8. The first kappa shape index (κ1) is 17.9. The van der Waals surface area contributed by atoms with Gasteiger partial charge < -0.3 is 24.7 Å². The number of rotatable bonds is 5. The van der Waals surface area contributed by atoms with Gasteiger partial charge in [0.25, 0.3) is 0 Å². The van der Waals surface area contributed by atoms with Crippen molar-refractivity contribution in [2.24, 2.45) is 11.7 Å². The van der Waals surface area contributed by atoms with Crippen molar-refractivity contribution in [1.29, 1.82) is 0 Å². The maximum Gasteiger partial charge on any atom is 0.203 e. The number of hydrogen-bond acceptors (Lipinski definition) is 5. The molecule has 0 spiro atoms. The minimum atomic E-state index is -0.0485. The standard InChI is InChI=1S/C15H23NO4.ClH/c1-17-12-8-11(9-13(18-2)15(12)19-3)14(16)10-4-6-20-7-5-10;/h8-10,14H,4-7,16H2,1-3H3;1H/t14-;/m0./s1. The monoisotopic (exact) mass is 317 g/mol. The summed E-state index contributed by atoms with van der Waals surface area (Å²) in [6.07, 6.45) is 1.97. The second-order valence-corrected chi connectivity index (χ2v) is 4.93. The molecule has 0 saturated carbocycles. The summed E-state index contributed by atoms with van der Waals surface area (Å²) in [6, 6.07) is 3.82. The molecule has 2 N–H and O–H groups in total. The highest BCUT2D eigenvalue weighted by Gasteiger charge is 2.24. The van der Waals surface area contributed by atoms with Crippen LogP contribution >= 0.6 is 12.4 Å². The van der Waals surface area contributed by atoms with Crippen LogP contribution < -0.4 is 19.9 Å². The van der Waals surface area contributed by atoms with Gasteiger partial charge >= 0.3 is 0 Å². The summed E-state index contributed by atoms with van der Waals surface area (Å²) in [4.78, 5) is 0. The highest BCUT2D eigenvalue weighted by molar-refractivity contribution is 5.85. The van der Waals surface area contributed by atoms with Gasteiger partial charge in [-0.15, -0.1) is 12.4 Å². The van der Waals surface area contributed by atoms with Gasteiger partial charge in [-0.05, 0) is 36.5 Å². The maximum absolute atomic E-state index is 6.40. The fraction of sp³-hybridized carbons (Fsp3) is 0.600. The second-order valence-electron chi connectivity index (χ2n) is 4.93. The zero-order chi connectivity index (χ0) is 14.5. The normalized spacial score (nSPS) is 16.8. The molecular weight excluding hydrogens is 294 g/mol. The average Bonchev–Trinajstić information content (AvgIpc) is 2.53. The van der Waals surface area contributed by atoms with Gasteiger partial charge in [0, 0.05) is 19.3 Å². The Morgan fingerprint density at radius 1 is 1.05 bits per heavy atom. The highest BCUT2D eigenvalue weighted by Crippen LogP contribution is 2.41. The Morgan fingerprint density at radius 2 is 1.57 bits per heavy atom. The number of hydrogen-bond donors (Lipinski definition) is 1. The van der Waals surface area contributed by atoms with E-state index in [1.807, 2.05) is 12.1 Å². The van der Waals surface area contributed by atoms with Crippen molar-refractivity contribution >= 4 is 12.4 Å². The Balaban J connectivity index is 0.00000220. The Bertz CT molecular complexity index is 424. The van der Waals surface area contributed by atoms with Gasteiger partial charge in [0.05, 0.1) is 21.3 Å². The lowest BCUT2D eigenvalue weighted by Gasteiger charge is -2.28. The number of halogens is 1. The average molecular weight is 318 g/mol. The van der Waals surface area contributed by atoms with Crippen molar-refractivity contribution in [1.82, 2.24) is 0 Å². The molecule has 0 unspecified atom stereocenters. The molecule has 1 saturated heterocycles. The SMILES string of the molecule is COc1cc([C@@H](N)C2CCOCC2)cc(OC)c1OC.Cl. The van der Waals surface area contributed by atoms with Crippen LogP contribution in [0.1, 0.15) is 24.4 Å². The van der Waals surface area contributed by atoms with Crippen LogP contribution in [0.4, 0.5) is 0 Å². The van der Waals surface area contributed by atoms with E-state index >= 15 is 0 Å². The van der Waals surface area contributed by atoms with Gasteiger partial charge in [0.15, 0.2) is 11.5 Å². The first-order chi connectivity index (χ1) is 9.71. The van der Waals surface area contributed by atoms with E-state index in [-0.39, 0.29) is 18.4 Å². The molecule has 1 atom stereocenters. The van der Waals surface area contributed by atoms with Crippen molar-refractivity contribution in [2.45, 2.75) is 18.9 Å². The third kappa shape index (κ3) is 3.93. The minimum absolute atomic E-state index is 0. The summed E-state index contributed by atoms with van der Waals surface area (Å²) in [5, 5.41) is 0. The summed E-state index contributed by atoms with van der Waals surface area (Å²) < 4.78 is 21.5. The van der Waals surface area contributed by atoms with E-state index in [2.05, 4.69) is 0 Å². The van der Waals surface area contributed by atoms with Crippen LogP contribution in [0.3, 0.4) is 0 Å². The van der Waals surface area contributed by atoms with Crippen LogP contribution in [0.15, 0.2) is 12.1 Å². The number of benzene rings is 1. The minimum Gasteiger partial charge on any atom is -0.493 e. The summed E-state index contributed by atoms with van der Waals surface area (Å²) in [5.41, 5.74) is 7.41. The molecule has 0 bridgehead atoms. The first-order valence-electron chi connectivity index (χ1n) is 6.84. The van der Waals surface area contributed by atoms with Crippen molar-refractivity contribution in [3.8, 4) is 17.2 Å². The summed E-state index contributed by atoms with van der Waals surface area (Å²) in [6.45, 7) is 1.56. The third-order valence-corrected chi connectivity index (χ3v) is 3.85. The molecule has 6 heteroatoms. The van der Waals surface area contributed by atoms with Gasteiger partial charge in [0.2, 0.25) is 5.75 Å². The fourth-order valence-electron chi connectivity index (χ4n) is 2.64. The third-order valence-electron chi connectivity index (χ3n) is 3.85. The Morgan fingerprint density at radius 3 is 2.00 bits per heavy atom. The van der Waals surface area contributed by atoms with Gasteiger partial charge in [0.1, 0.15) is 0 Å². The van der Waals surface area contributed by atoms with E-state index in [1.54, 1.807) is 21.3 Å². The molecule has 21 heavy (non-hydrogen) atoms. The molecule has 0 amide bonds. The van der Waals surface area contributed by atoms with E-state index < -0.39 is 0 Å². The van der Waals surface area contributed by atoms with Crippen LogP contribution in [0.5, 0.6) is 17.2 Å². The number of ether oxygens (including phenoxy) is 4. The molecule has 2 rings (SSSR count). The van der Waals surface area contributed by atoms with Crippen LogP contribution in [0.25, 0.3) is 0 Å². The molecule has 0 radical (unpaired) electrons. The van der Waals surface area contributed by atoms with Crippen LogP contribution in [0.2, 0.25) is 0 Å². The highest BCUT2D eigenvalue weighted by atomic mass is 35.5. The lowest BCUT2D eigenvalue weighted by Crippen LogP contribution is -2.27. The van der Waals surface area contributed by atoms with Gasteiger partial charge in [-0.1, -0.05) is 0 Å². The molecular formula is C15H24ClNO4. The molecule has 1 aliphatic heterocycles. The van der Waals surface area contributed by atoms with E-state index in [0.29, 0.717) is 23.2 Å². The topological polar surface area (TPSA) is 62.9 Å². The smallest absolute Gasteiger partial charge is 0.203 e. The lowest BCUT2D eigenvalue weighted by atomic mass is 9.87. The van der Waals surface area contributed by atoms with Gasteiger partial charge in [-0.2, -0.15) is 0 Å². The van der Waals surface area contributed by atoms with E-state index in [0.717, 1.165) is 31.6 Å². The van der Waals surface area contributed by atoms with E-state index in [4.69, 9.17) is 24.7 Å². The number of nitrogens with two attached hydrogens (primary N) is 1. The predicted molar refractivity (Wildman–Crippen MR) is 83.8 cm³/mol. The zero-order valence-corrected chi connectivity index (χ0v) is 13.6. The molecule has 0 aliphatic carbocycles. The molecule has 0 aromatic heterocycles. The molecule has 1 fully saturated rings. The number of methoxy groups -OCH3 is 3. The second kappa shape index (κ2) is 8.32. The fourth-order valence-corrected chi connectivity index (χ4v) is 2.64. The Kier molecular flexibility index (Phi) is 7.08. The maximum atomic E-state index is 6.40. The summed E-state index contributed by atoms with van der Waals surface area (Å²) >= 11 is 0. The Hall–Kier alpha value is -1.17. The molecule has 1 aliphatic rings. The molecule has 120 valence electrons. The van der Waals surface area contributed by atoms with E-state index in [1.165, 1.54) is 0 Å². The summed E-state index contributed by atoms with van der Waals surface area (Å²) in [7, 11) is 4.82. The molecule has 5 nitrogen and oxygen atoms in total. The van der Waals surface area contributed by atoms with Crippen LogP contribution in [-0.4, -0.2) is 34.5 Å². The molecule has 1 aromatic rings. The van der Waals surface area contributed by atoms with Gasteiger partial charge in [-0.25, -0.2) is 0 Å². The van der Waals surface area contributed by atoms with Crippen molar-refractivity contribution < 1.29 is 18.9 Å². The quantitative estimate of drug-likeness (QED) is 0.904. The van der Waals surface area contributed by atoms with Crippen molar-refractivity contribution in [3.63, 3.8) is 0 Å².